The minimum Gasteiger partial charge on any atom is -0.482 e. The molecule has 2 aromatic carbocycles. The number of carbonyl (C=O) groups excluding carboxylic acids is 1. The van der Waals surface area contributed by atoms with Gasteiger partial charge in [0.05, 0.1) is 18.3 Å². The molecule has 108 valence electrons. The highest BCUT2D eigenvalue weighted by Gasteiger charge is 2.30. The predicted octanol–water partition coefficient (Wildman–Crippen LogP) is 2.67. The van der Waals surface area contributed by atoms with Gasteiger partial charge in [0.2, 0.25) is 0 Å². The van der Waals surface area contributed by atoms with Crippen molar-refractivity contribution in [1.82, 2.24) is 0 Å². The highest BCUT2D eigenvalue weighted by atomic mass is 16.5. The second kappa shape index (κ2) is 5.58. The number of amides is 1. The third kappa shape index (κ3) is 2.50. The molecule has 0 aromatic heterocycles. The van der Waals surface area contributed by atoms with Gasteiger partial charge in [0.15, 0.2) is 6.61 Å². The van der Waals surface area contributed by atoms with E-state index in [2.05, 4.69) is 0 Å². The lowest BCUT2D eigenvalue weighted by Crippen LogP contribution is -2.40. The van der Waals surface area contributed by atoms with Crippen LogP contribution < -0.4 is 9.64 Å². The van der Waals surface area contributed by atoms with Crippen LogP contribution in [0.25, 0.3) is 0 Å². The molecule has 0 aliphatic carbocycles. The molecule has 2 aromatic rings. The van der Waals surface area contributed by atoms with Crippen LogP contribution in [0.2, 0.25) is 0 Å². The van der Waals surface area contributed by atoms with Crippen molar-refractivity contribution in [3.05, 3.63) is 59.7 Å². The normalized spacial score (nSPS) is 15.3. The number of aliphatic hydroxyl groups excluding tert-OH is 1. The summed E-state index contributed by atoms with van der Waals surface area (Å²) in [7, 11) is 0. The monoisotopic (exact) mass is 283 g/mol. The lowest BCUT2D eigenvalue weighted by molar-refractivity contribution is -0.121. The SMILES string of the molecule is CC(c1ccccc1)N1C(=O)COc2cc(CO)ccc21. The molecule has 4 heteroatoms. The van der Waals surface area contributed by atoms with Gasteiger partial charge in [-0.1, -0.05) is 36.4 Å². The Morgan fingerprint density at radius 1 is 1.24 bits per heavy atom. The van der Waals surface area contributed by atoms with Crippen molar-refractivity contribution in [2.45, 2.75) is 19.6 Å². The highest BCUT2D eigenvalue weighted by molar-refractivity contribution is 5.98. The van der Waals surface area contributed by atoms with Gasteiger partial charge in [-0.25, -0.2) is 0 Å². The number of hydrogen-bond donors (Lipinski definition) is 1. The fraction of sp³-hybridized carbons (Fsp3) is 0.235. The topological polar surface area (TPSA) is 49.8 Å². The van der Waals surface area contributed by atoms with Crippen LogP contribution in [0.1, 0.15) is 24.1 Å². The molecule has 0 radical (unpaired) electrons. The standard InChI is InChI=1S/C17H17NO3/c1-12(14-5-3-2-4-6-14)18-15-8-7-13(10-19)9-16(15)21-11-17(18)20/h2-9,12,19H,10-11H2,1H3. The van der Waals surface area contributed by atoms with Crippen LogP contribution in [0.4, 0.5) is 5.69 Å². The quantitative estimate of drug-likeness (QED) is 0.942. The molecule has 0 saturated heterocycles. The fourth-order valence-electron chi connectivity index (χ4n) is 2.62. The maximum atomic E-state index is 12.3. The van der Waals surface area contributed by atoms with E-state index in [1.165, 1.54) is 0 Å². The van der Waals surface area contributed by atoms with E-state index in [9.17, 15) is 9.90 Å². The van der Waals surface area contributed by atoms with Crippen molar-refractivity contribution in [3.63, 3.8) is 0 Å². The van der Waals surface area contributed by atoms with Crippen LogP contribution in [0, 0.1) is 0 Å². The first-order valence-corrected chi connectivity index (χ1v) is 6.94. The van der Waals surface area contributed by atoms with Gasteiger partial charge >= 0.3 is 0 Å². The van der Waals surface area contributed by atoms with Crippen LogP contribution in [0.3, 0.4) is 0 Å². The summed E-state index contributed by atoms with van der Waals surface area (Å²) in [5.41, 5.74) is 2.60. The van der Waals surface area contributed by atoms with Crippen molar-refractivity contribution in [3.8, 4) is 5.75 Å². The number of benzene rings is 2. The van der Waals surface area contributed by atoms with E-state index in [0.717, 1.165) is 16.8 Å². The van der Waals surface area contributed by atoms with E-state index in [0.29, 0.717) is 5.75 Å². The number of hydrogen-bond acceptors (Lipinski definition) is 3. The number of anilines is 1. The van der Waals surface area contributed by atoms with Crippen LogP contribution in [-0.4, -0.2) is 17.6 Å². The Bertz CT molecular complexity index is 654. The minimum absolute atomic E-state index is 0.0268. The summed E-state index contributed by atoms with van der Waals surface area (Å²) in [5, 5.41) is 9.21. The Hall–Kier alpha value is -2.33. The van der Waals surface area contributed by atoms with E-state index >= 15 is 0 Å². The zero-order valence-electron chi connectivity index (χ0n) is 11.8. The van der Waals surface area contributed by atoms with Gasteiger partial charge in [-0.05, 0) is 30.2 Å². The van der Waals surface area contributed by atoms with Gasteiger partial charge in [0.25, 0.3) is 5.91 Å². The first kappa shape index (κ1) is 13.6. The molecule has 1 N–H and O–H groups in total. The number of nitrogens with zero attached hydrogens (tertiary/aromatic N) is 1. The summed E-state index contributed by atoms with van der Waals surface area (Å²) in [6.07, 6.45) is 0. The zero-order chi connectivity index (χ0) is 14.8. The van der Waals surface area contributed by atoms with Gasteiger partial charge in [0, 0.05) is 0 Å². The van der Waals surface area contributed by atoms with E-state index in [1.54, 1.807) is 11.0 Å². The zero-order valence-corrected chi connectivity index (χ0v) is 11.8. The number of rotatable bonds is 3. The summed E-state index contributed by atoms with van der Waals surface area (Å²) >= 11 is 0. The van der Waals surface area contributed by atoms with Crippen LogP contribution >= 0.6 is 0 Å². The first-order valence-electron chi connectivity index (χ1n) is 6.94. The molecule has 0 fully saturated rings. The molecule has 4 nitrogen and oxygen atoms in total. The molecule has 0 bridgehead atoms. The van der Waals surface area contributed by atoms with Gasteiger partial charge in [-0.2, -0.15) is 0 Å². The first-order chi connectivity index (χ1) is 10.2. The maximum Gasteiger partial charge on any atom is 0.265 e. The summed E-state index contributed by atoms with van der Waals surface area (Å²) in [6, 6.07) is 15.3. The largest absolute Gasteiger partial charge is 0.482 e. The molecule has 1 aliphatic heterocycles. The number of fused-ring (bicyclic) bond motifs is 1. The Morgan fingerprint density at radius 3 is 2.71 bits per heavy atom. The van der Waals surface area contributed by atoms with Gasteiger partial charge in [-0.15, -0.1) is 0 Å². The molecule has 1 heterocycles. The average Bonchev–Trinajstić information content (AvgIpc) is 2.54. The summed E-state index contributed by atoms with van der Waals surface area (Å²) in [5.74, 6) is 0.583. The lowest BCUT2D eigenvalue weighted by Gasteiger charge is -2.34. The second-order valence-corrected chi connectivity index (χ2v) is 5.10. The van der Waals surface area contributed by atoms with Crippen molar-refractivity contribution in [1.29, 1.82) is 0 Å². The predicted molar refractivity (Wildman–Crippen MR) is 80.2 cm³/mol. The van der Waals surface area contributed by atoms with Gasteiger partial charge in [0.1, 0.15) is 5.75 Å². The molecule has 0 spiro atoms. The fourth-order valence-corrected chi connectivity index (χ4v) is 2.62. The van der Waals surface area contributed by atoms with Crippen molar-refractivity contribution < 1.29 is 14.6 Å². The Morgan fingerprint density at radius 2 is 2.00 bits per heavy atom. The molecular weight excluding hydrogens is 266 g/mol. The van der Waals surface area contributed by atoms with Crippen LogP contribution in [0.5, 0.6) is 5.75 Å². The van der Waals surface area contributed by atoms with E-state index in [-0.39, 0.29) is 25.2 Å². The number of ether oxygens (including phenoxy) is 1. The Kier molecular flexibility index (Phi) is 3.62. The van der Waals surface area contributed by atoms with Crippen molar-refractivity contribution >= 4 is 11.6 Å². The molecule has 1 aliphatic rings. The molecule has 1 amide bonds. The van der Waals surface area contributed by atoms with Crippen molar-refractivity contribution in [2.24, 2.45) is 0 Å². The van der Waals surface area contributed by atoms with Gasteiger partial charge < -0.3 is 9.84 Å². The molecule has 3 rings (SSSR count). The van der Waals surface area contributed by atoms with E-state index < -0.39 is 0 Å². The molecule has 1 atom stereocenters. The van der Waals surface area contributed by atoms with Crippen LogP contribution in [-0.2, 0) is 11.4 Å². The summed E-state index contributed by atoms with van der Waals surface area (Å²) in [6.45, 7) is 1.99. The second-order valence-electron chi connectivity index (χ2n) is 5.10. The maximum absolute atomic E-state index is 12.3. The lowest BCUT2D eigenvalue weighted by atomic mass is 10.0. The average molecular weight is 283 g/mol. The summed E-state index contributed by atoms with van der Waals surface area (Å²) < 4.78 is 5.49. The Labute approximate surface area is 123 Å². The molecule has 1 unspecified atom stereocenters. The number of aliphatic hydroxyl groups is 1. The minimum atomic E-state index is -0.0682. The van der Waals surface area contributed by atoms with Gasteiger partial charge in [-0.3, -0.25) is 9.69 Å². The van der Waals surface area contributed by atoms with Crippen LogP contribution in [0.15, 0.2) is 48.5 Å². The van der Waals surface area contributed by atoms with E-state index in [4.69, 9.17) is 4.74 Å². The smallest absolute Gasteiger partial charge is 0.265 e. The van der Waals surface area contributed by atoms with E-state index in [1.807, 2.05) is 49.4 Å². The summed E-state index contributed by atoms with van der Waals surface area (Å²) in [4.78, 5) is 14.0. The third-order valence-electron chi connectivity index (χ3n) is 3.76. The molecule has 0 saturated carbocycles. The molecule has 21 heavy (non-hydrogen) atoms. The van der Waals surface area contributed by atoms with Crippen molar-refractivity contribution in [2.75, 3.05) is 11.5 Å². The molecular formula is C17H17NO3. The Balaban J connectivity index is 2.01. The highest BCUT2D eigenvalue weighted by Crippen LogP contribution is 2.38. The number of carbonyl (C=O) groups is 1. The third-order valence-corrected chi connectivity index (χ3v) is 3.76.